The number of carbonyl (C=O) groups is 2. The van der Waals surface area contributed by atoms with Gasteiger partial charge in [0.25, 0.3) is 5.91 Å². The number of amides is 2. The molecule has 1 fully saturated rings. The third-order valence-electron chi connectivity index (χ3n) is 5.64. The van der Waals surface area contributed by atoms with Crippen molar-refractivity contribution in [3.05, 3.63) is 71.3 Å². The van der Waals surface area contributed by atoms with Gasteiger partial charge in [-0.3, -0.25) is 9.59 Å². The Morgan fingerprint density at radius 2 is 1.82 bits per heavy atom. The van der Waals surface area contributed by atoms with Crippen molar-refractivity contribution in [1.82, 2.24) is 10.2 Å². The van der Waals surface area contributed by atoms with Crippen molar-refractivity contribution < 1.29 is 9.59 Å². The van der Waals surface area contributed by atoms with Crippen molar-refractivity contribution in [3.8, 4) is 0 Å². The van der Waals surface area contributed by atoms with Crippen molar-refractivity contribution >= 4 is 23.6 Å². The Kier molecular flexibility index (Phi) is 4.96. The summed E-state index contributed by atoms with van der Waals surface area (Å²) in [5, 5.41) is 3.09. The van der Waals surface area contributed by atoms with Gasteiger partial charge in [-0.15, -0.1) is 11.8 Å². The van der Waals surface area contributed by atoms with Gasteiger partial charge in [-0.1, -0.05) is 48.5 Å². The molecule has 146 valence electrons. The van der Waals surface area contributed by atoms with Crippen LogP contribution in [0.1, 0.15) is 54.1 Å². The smallest absolute Gasteiger partial charge is 0.256 e. The van der Waals surface area contributed by atoms with E-state index >= 15 is 0 Å². The van der Waals surface area contributed by atoms with E-state index in [9.17, 15) is 9.59 Å². The van der Waals surface area contributed by atoms with Gasteiger partial charge in [0.2, 0.25) is 5.91 Å². The van der Waals surface area contributed by atoms with Crippen molar-refractivity contribution in [2.24, 2.45) is 0 Å². The molecule has 2 aliphatic heterocycles. The SMILES string of the molecule is CC(CCc1ccccc1)NC(=O)C1N2C(=O)c3ccccc3C2SC1(C)C. The average Bonchev–Trinajstić information content (AvgIpc) is 3.11. The summed E-state index contributed by atoms with van der Waals surface area (Å²) in [6, 6.07) is 17.6. The second-order valence-electron chi connectivity index (χ2n) is 8.21. The second-order valence-corrected chi connectivity index (χ2v) is 9.94. The van der Waals surface area contributed by atoms with Crippen LogP contribution in [0.25, 0.3) is 0 Å². The van der Waals surface area contributed by atoms with Crippen LogP contribution in [0.5, 0.6) is 0 Å². The van der Waals surface area contributed by atoms with E-state index in [4.69, 9.17) is 0 Å². The van der Waals surface area contributed by atoms with Crippen LogP contribution in [-0.4, -0.2) is 33.5 Å². The lowest BCUT2D eigenvalue weighted by Gasteiger charge is -2.30. The molecule has 2 aromatic carbocycles. The number of hydrogen-bond acceptors (Lipinski definition) is 3. The summed E-state index contributed by atoms with van der Waals surface area (Å²) in [7, 11) is 0. The minimum Gasteiger partial charge on any atom is -0.352 e. The van der Waals surface area contributed by atoms with Gasteiger partial charge >= 0.3 is 0 Å². The minimum absolute atomic E-state index is 0.0317. The van der Waals surface area contributed by atoms with Crippen molar-refractivity contribution in [1.29, 1.82) is 0 Å². The maximum atomic E-state index is 13.2. The fourth-order valence-corrected chi connectivity index (χ4v) is 5.81. The molecule has 2 heterocycles. The molecule has 1 N–H and O–H groups in total. The van der Waals surface area contributed by atoms with Crippen molar-refractivity contribution in [2.75, 3.05) is 0 Å². The lowest BCUT2D eigenvalue weighted by molar-refractivity contribution is -0.126. The molecular formula is C23H26N2O2S. The van der Waals surface area contributed by atoms with E-state index in [2.05, 4.69) is 31.3 Å². The average molecular weight is 395 g/mol. The van der Waals surface area contributed by atoms with Crippen LogP contribution in [-0.2, 0) is 11.2 Å². The van der Waals surface area contributed by atoms with Gasteiger partial charge in [0.15, 0.2) is 0 Å². The molecular weight excluding hydrogens is 368 g/mol. The largest absolute Gasteiger partial charge is 0.352 e. The molecule has 2 aliphatic rings. The van der Waals surface area contributed by atoms with Crippen LogP contribution in [0.3, 0.4) is 0 Å². The molecule has 0 spiro atoms. The summed E-state index contributed by atoms with van der Waals surface area (Å²) >= 11 is 1.70. The number of benzene rings is 2. The molecule has 5 heteroatoms. The van der Waals surface area contributed by atoms with E-state index in [1.807, 2.05) is 49.4 Å². The van der Waals surface area contributed by atoms with Gasteiger partial charge in [0.1, 0.15) is 11.4 Å². The fraction of sp³-hybridized carbons (Fsp3) is 0.391. The first-order chi connectivity index (χ1) is 13.4. The zero-order valence-corrected chi connectivity index (χ0v) is 17.3. The summed E-state index contributed by atoms with van der Waals surface area (Å²) in [5.41, 5.74) is 3.02. The van der Waals surface area contributed by atoms with Gasteiger partial charge in [0.05, 0.1) is 0 Å². The molecule has 2 aromatic rings. The van der Waals surface area contributed by atoms with Crippen LogP contribution >= 0.6 is 11.8 Å². The number of carbonyl (C=O) groups excluding carboxylic acids is 2. The molecule has 2 amide bonds. The third kappa shape index (κ3) is 3.32. The number of nitrogens with zero attached hydrogens (tertiary/aromatic N) is 1. The number of hydrogen-bond donors (Lipinski definition) is 1. The van der Waals surface area contributed by atoms with Gasteiger partial charge in [-0.2, -0.15) is 0 Å². The lowest BCUT2D eigenvalue weighted by atomic mass is 9.99. The molecule has 3 unspecified atom stereocenters. The predicted octanol–water partition coefficient (Wildman–Crippen LogP) is 4.17. The summed E-state index contributed by atoms with van der Waals surface area (Å²) in [6.07, 6.45) is 1.79. The molecule has 1 saturated heterocycles. The van der Waals surface area contributed by atoms with E-state index < -0.39 is 6.04 Å². The summed E-state index contributed by atoms with van der Waals surface area (Å²) < 4.78 is -0.336. The van der Waals surface area contributed by atoms with Gasteiger partial charge in [-0.05, 0) is 50.8 Å². The molecule has 3 atom stereocenters. The highest BCUT2D eigenvalue weighted by atomic mass is 32.2. The van der Waals surface area contributed by atoms with Crippen molar-refractivity contribution in [2.45, 2.75) is 55.8 Å². The zero-order valence-electron chi connectivity index (χ0n) is 16.5. The number of aryl methyl sites for hydroxylation is 1. The number of fused-ring (bicyclic) bond motifs is 3. The number of rotatable bonds is 5. The van der Waals surface area contributed by atoms with Gasteiger partial charge in [0, 0.05) is 16.4 Å². The Labute approximate surface area is 170 Å². The zero-order chi connectivity index (χ0) is 19.9. The fourth-order valence-electron chi connectivity index (χ4n) is 4.23. The Hall–Kier alpha value is -2.27. The Balaban J connectivity index is 1.47. The Morgan fingerprint density at radius 1 is 1.14 bits per heavy atom. The quantitative estimate of drug-likeness (QED) is 0.828. The standard InChI is InChI=1S/C23H26N2O2S/c1-15(13-14-16-9-5-4-6-10-16)24-20(26)19-23(2,3)28-22-18-12-8-7-11-17(18)21(27)25(19)22/h4-12,15,19,22H,13-14H2,1-3H3,(H,24,26). The van der Waals surface area contributed by atoms with Gasteiger partial charge < -0.3 is 10.2 Å². The molecule has 28 heavy (non-hydrogen) atoms. The Bertz CT molecular complexity index is 896. The number of thioether (sulfide) groups is 1. The van der Waals surface area contributed by atoms with E-state index in [1.54, 1.807) is 16.7 Å². The molecule has 0 bridgehead atoms. The first-order valence-corrected chi connectivity index (χ1v) is 10.7. The first kappa shape index (κ1) is 19.1. The Morgan fingerprint density at radius 3 is 2.57 bits per heavy atom. The minimum atomic E-state index is -0.471. The van der Waals surface area contributed by atoms with E-state index in [0.717, 1.165) is 24.0 Å². The maximum absolute atomic E-state index is 13.2. The van der Waals surface area contributed by atoms with E-state index in [1.165, 1.54) is 5.56 Å². The summed E-state index contributed by atoms with van der Waals surface area (Å²) in [4.78, 5) is 28.0. The summed E-state index contributed by atoms with van der Waals surface area (Å²) in [5.74, 6) is -0.0857. The van der Waals surface area contributed by atoms with E-state index in [-0.39, 0.29) is 28.0 Å². The van der Waals surface area contributed by atoms with E-state index in [0.29, 0.717) is 0 Å². The molecule has 0 saturated carbocycles. The normalized spacial score (nSPS) is 23.2. The molecule has 4 rings (SSSR count). The van der Waals surface area contributed by atoms with Crippen LogP contribution in [0.2, 0.25) is 0 Å². The molecule has 0 radical (unpaired) electrons. The van der Waals surface area contributed by atoms with Crippen molar-refractivity contribution in [3.63, 3.8) is 0 Å². The van der Waals surface area contributed by atoms with Crippen LogP contribution in [0.15, 0.2) is 54.6 Å². The first-order valence-electron chi connectivity index (χ1n) is 9.82. The third-order valence-corrected chi connectivity index (χ3v) is 7.18. The monoisotopic (exact) mass is 394 g/mol. The topological polar surface area (TPSA) is 49.4 Å². The van der Waals surface area contributed by atoms with Crippen LogP contribution in [0, 0.1) is 0 Å². The number of nitrogens with one attached hydrogen (secondary N) is 1. The second kappa shape index (κ2) is 7.28. The predicted molar refractivity (Wildman–Crippen MR) is 113 cm³/mol. The lowest BCUT2D eigenvalue weighted by Crippen LogP contribution is -2.54. The summed E-state index contributed by atoms with van der Waals surface area (Å²) in [6.45, 7) is 6.16. The van der Waals surface area contributed by atoms with Crippen LogP contribution < -0.4 is 5.32 Å². The molecule has 0 aliphatic carbocycles. The molecule has 0 aromatic heterocycles. The highest BCUT2D eigenvalue weighted by Gasteiger charge is 2.57. The maximum Gasteiger partial charge on any atom is 0.256 e. The highest BCUT2D eigenvalue weighted by Crippen LogP contribution is 2.56. The highest BCUT2D eigenvalue weighted by molar-refractivity contribution is 8.01. The van der Waals surface area contributed by atoms with Crippen LogP contribution in [0.4, 0.5) is 0 Å². The van der Waals surface area contributed by atoms with Gasteiger partial charge in [-0.25, -0.2) is 0 Å². The molecule has 4 nitrogen and oxygen atoms in total.